The zero-order valence-electron chi connectivity index (χ0n) is 10.3. The second-order valence-corrected chi connectivity index (χ2v) is 3.63. The summed E-state index contributed by atoms with van der Waals surface area (Å²) in [4.78, 5) is 10.2. The summed E-state index contributed by atoms with van der Waals surface area (Å²) < 4.78 is 9.72. The van der Waals surface area contributed by atoms with Crippen LogP contribution in [0.4, 0.5) is 11.4 Å². The number of hydrogen-bond donors (Lipinski definition) is 2. The molecule has 1 aromatic carbocycles. The first-order chi connectivity index (χ1) is 8.58. The largest absolute Gasteiger partial charge is 0.490 e. The average molecular weight is 256 g/mol. The van der Waals surface area contributed by atoms with Crippen molar-refractivity contribution in [1.82, 2.24) is 0 Å². The van der Waals surface area contributed by atoms with E-state index in [1.54, 1.807) is 6.07 Å². The van der Waals surface area contributed by atoms with E-state index in [9.17, 15) is 15.2 Å². The molecule has 0 saturated heterocycles. The fraction of sp³-hybridized carbons (Fsp3) is 0.455. The maximum atomic E-state index is 10.7. The second-order valence-electron chi connectivity index (χ2n) is 3.63. The van der Waals surface area contributed by atoms with E-state index in [-0.39, 0.29) is 24.6 Å². The number of ether oxygens (including phenoxy) is 2. The Morgan fingerprint density at radius 3 is 2.78 bits per heavy atom. The van der Waals surface area contributed by atoms with Crippen molar-refractivity contribution in [3.05, 3.63) is 28.3 Å². The Morgan fingerprint density at radius 1 is 1.50 bits per heavy atom. The predicted octanol–water partition coefficient (Wildman–Crippen LogP) is 1.02. The molecule has 0 heterocycles. The van der Waals surface area contributed by atoms with E-state index in [0.717, 1.165) is 0 Å². The molecule has 1 rings (SSSR count). The molecule has 2 N–H and O–H groups in total. The molecule has 0 bridgehead atoms. The number of aliphatic hydroxyl groups excluding tert-OH is 1. The number of aliphatic hydroxyl groups is 1. The third-order valence-corrected chi connectivity index (χ3v) is 2.28. The van der Waals surface area contributed by atoms with Gasteiger partial charge in [0.1, 0.15) is 0 Å². The smallest absolute Gasteiger partial charge is 0.311 e. The zero-order chi connectivity index (χ0) is 13.5. The number of benzene rings is 1. The van der Waals surface area contributed by atoms with Gasteiger partial charge in [0.15, 0.2) is 5.75 Å². The van der Waals surface area contributed by atoms with Crippen LogP contribution < -0.4 is 10.1 Å². The standard InChI is InChI=1S/C11H16N2O5/c1-17-7-9(14)6-12-8-3-4-10(13(15)16)11(5-8)18-2/h3-5,9,12,14H,6-7H2,1-2H3. The fourth-order valence-corrected chi connectivity index (χ4v) is 1.43. The summed E-state index contributed by atoms with van der Waals surface area (Å²) in [7, 11) is 2.87. The fourth-order valence-electron chi connectivity index (χ4n) is 1.43. The number of nitrogens with one attached hydrogen (secondary N) is 1. The summed E-state index contributed by atoms with van der Waals surface area (Å²) in [6.07, 6.45) is -0.642. The summed E-state index contributed by atoms with van der Waals surface area (Å²) in [6.45, 7) is 0.506. The molecule has 0 aliphatic carbocycles. The van der Waals surface area contributed by atoms with Gasteiger partial charge in [-0.1, -0.05) is 0 Å². The van der Waals surface area contributed by atoms with Gasteiger partial charge < -0.3 is 19.9 Å². The molecule has 7 nitrogen and oxygen atoms in total. The molecule has 1 aromatic rings. The van der Waals surface area contributed by atoms with E-state index in [1.165, 1.54) is 26.4 Å². The van der Waals surface area contributed by atoms with E-state index in [2.05, 4.69) is 5.32 Å². The number of nitro groups is 1. The van der Waals surface area contributed by atoms with Crippen LogP contribution >= 0.6 is 0 Å². The highest BCUT2D eigenvalue weighted by Gasteiger charge is 2.14. The highest BCUT2D eigenvalue weighted by atomic mass is 16.6. The maximum absolute atomic E-state index is 10.7. The van der Waals surface area contributed by atoms with Crippen LogP contribution in [0.15, 0.2) is 18.2 Å². The molecule has 0 aliphatic rings. The summed E-state index contributed by atoms with van der Waals surface area (Å²) in [6, 6.07) is 4.42. The first kappa shape index (κ1) is 14.2. The number of nitrogens with zero attached hydrogens (tertiary/aromatic N) is 1. The Morgan fingerprint density at radius 2 is 2.22 bits per heavy atom. The molecule has 100 valence electrons. The molecular weight excluding hydrogens is 240 g/mol. The van der Waals surface area contributed by atoms with Gasteiger partial charge >= 0.3 is 5.69 Å². The predicted molar refractivity (Wildman–Crippen MR) is 66.0 cm³/mol. The van der Waals surface area contributed by atoms with Gasteiger partial charge in [-0.15, -0.1) is 0 Å². The minimum Gasteiger partial charge on any atom is -0.490 e. The van der Waals surface area contributed by atoms with Crippen molar-refractivity contribution >= 4 is 11.4 Å². The van der Waals surface area contributed by atoms with Gasteiger partial charge in [0.2, 0.25) is 0 Å². The lowest BCUT2D eigenvalue weighted by atomic mass is 10.2. The van der Waals surface area contributed by atoms with E-state index >= 15 is 0 Å². The summed E-state index contributed by atoms with van der Waals surface area (Å²) >= 11 is 0. The molecule has 18 heavy (non-hydrogen) atoms. The van der Waals surface area contributed by atoms with E-state index in [0.29, 0.717) is 5.69 Å². The lowest BCUT2D eigenvalue weighted by Gasteiger charge is -2.12. The van der Waals surface area contributed by atoms with Gasteiger partial charge in [-0.05, 0) is 6.07 Å². The minimum atomic E-state index is -0.642. The molecule has 7 heteroatoms. The molecule has 0 aliphatic heterocycles. The summed E-state index contributed by atoms with van der Waals surface area (Å²) in [5.74, 6) is 0.172. The van der Waals surface area contributed by atoms with Crippen molar-refractivity contribution in [2.75, 3.05) is 32.7 Å². The molecule has 0 radical (unpaired) electrons. The van der Waals surface area contributed by atoms with Gasteiger partial charge in [-0.25, -0.2) is 0 Å². The Labute approximate surface area is 104 Å². The lowest BCUT2D eigenvalue weighted by molar-refractivity contribution is -0.385. The number of rotatable bonds is 7. The van der Waals surface area contributed by atoms with Crippen molar-refractivity contribution < 1.29 is 19.5 Å². The molecular formula is C11H16N2O5. The van der Waals surface area contributed by atoms with Crippen LogP contribution in [0.25, 0.3) is 0 Å². The van der Waals surface area contributed by atoms with Crippen LogP contribution in [0.3, 0.4) is 0 Å². The lowest BCUT2D eigenvalue weighted by Crippen LogP contribution is -2.24. The monoisotopic (exact) mass is 256 g/mol. The molecule has 1 atom stereocenters. The van der Waals surface area contributed by atoms with Crippen LogP contribution in [0, 0.1) is 10.1 Å². The number of hydrogen-bond acceptors (Lipinski definition) is 6. The summed E-state index contributed by atoms with van der Waals surface area (Å²) in [5.41, 5.74) is 0.535. The van der Waals surface area contributed by atoms with Crippen molar-refractivity contribution in [3.63, 3.8) is 0 Å². The van der Waals surface area contributed by atoms with Crippen molar-refractivity contribution in [1.29, 1.82) is 0 Å². The zero-order valence-corrected chi connectivity index (χ0v) is 10.3. The van der Waals surface area contributed by atoms with Gasteiger partial charge in [0.05, 0.1) is 24.7 Å². The van der Waals surface area contributed by atoms with Gasteiger partial charge in [0, 0.05) is 31.5 Å². The summed E-state index contributed by atoms with van der Waals surface area (Å²) in [5, 5.41) is 23.1. The Hall–Kier alpha value is -1.86. The van der Waals surface area contributed by atoms with Crippen LogP contribution in [0.1, 0.15) is 0 Å². The molecule has 0 amide bonds. The first-order valence-electron chi connectivity index (χ1n) is 5.31. The van der Waals surface area contributed by atoms with Crippen LogP contribution in [0.2, 0.25) is 0 Å². The van der Waals surface area contributed by atoms with Crippen LogP contribution in [-0.4, -0.2) is 43.5 Å². The SMILES string of the molecule is COCC(O)CNc1ccc([N+](=O)[O-])c(OC)c1. The topological polar surface area (TPSA) is 93.9 Å². The number of methoxy groups -OCH3 is 2. The minimum absolute atomic E-state index is 0.0968. The third-order valence-electron chi connectivity index (χ3n) is 2.28. The van der Waals surface area contributed by atoms with E-state index in [1.807, 2.05) is 0 Å². The molecule has 0 spiro atoms. The number of nitro benzene ring substituents is 1. The first-order valence-corrected chi connectivity index (χ1v) is 5.31. The van der Waals surface area contributed by atoms with E-state index in [4.69, 9.17) is 9.47 Å². The molecule has 0 aromatic heterocycles. The van der Waals surface area contributed by atoms with Gasteiger partial charge in [-0.2, -0.15) is 0 Å². The quantitative estimate of drug-likeness (QED) is 0.559. The highest BCUT2D eigenvalue weighted by molar-refractivity contribution is 5.57. The third kappa shape index (κ3) is 3.86. The molecule has 0 fully saturated rings. The number of anilines is 1. The van der Waals surface area contributed by atoms with Gasteiger partial charge in [-0.3, -0.25) is 10.1 Å². The normalized spacial score (nSPS) is 11.9. The van der Waals surface area contributed by atoms with Gasteiger partial charge in [0.25, 0.3) is 0 Å². The van der Waals surface area contributed by atoms with Crippen molar-refractivity contribution in [3.8, 4) is 5.75 Å². The van der Waals surface area contributed by atoms with Crippen molar-refractivity contribution in [2.45, 2.75) is 6.10 Å². The Kier molecular flexibility index (Phi) is 5.34. The van der Waals surface area contributed by atoms with Crippen LogP contribution in [0.5, 0.6) is 5.75 Å². The molecule has 0 saturated carbocycles. The maximum Gasteiger partial charge on any atom is 0.311 e. The van der Waals surface area contributed by atoms with Crippen molar-refractivity contribution in [2.24, 2.45) is 0 Å². The average Bonchev–Trinajstić information content (AvgIpc) is 2.36. The van der Waals surface area contributed by atoms with Crippen LogP contribution in [-0.2, 0) is 4.74 Å². The Bertz CT molecular complexity index is 410. The van der Waals surface area contributed by atoms with E-state index < -0.39 is 11.0 Å². The highest BCUT2D eigenvalue weighted by Crippen LogP contribution is 2.29. The molecule has 1 unspecified atom stereocenters. The second kappa shape index (κ2) is 6.77. The Balaban J connectivity index is 2.71.